The zero-order valence-electron chi connectivity index (χ0n) is 4.24. The first-order valence-corrected chi connectivity index (χ1v) is 3.09. The fourth-order valence-corrected chi connectivity index (χ4v) is 0. The molecule has 0 saturated heterocycles. The Morgan fingerprint density at radius 3 is 1.67 bits per heavy atom. The number of hydrogen-bond donors (Lipinski definition) is 4. The maximum Gasteiger partial charge on any atom is 0.644 e. The Hall–Kier alpha value is 0.882. The molecule has 0 radical (unpaired) electrons. The number of hydrogen-bond acceptors (Lipinski definition) is 4. The summed E-state index contributed by atoms with van der Waals surface area (Å²) in [6.07, 6.45) is 0. The van der Waals surface area contributed by atoms with Crippen LogP contribution in [-0.4, -0.2) is 71.4 Å². The Balaban J connectivity index is -0.0000000800. The van der Waals surface area contributed by atoms with Gasteiger partial charge in [0, 0.05) is 0 Å². The van der Waals surface area contributed by atoms with E-state index in [1.54, 1.807) is 0 Å². The summed E-state index contributed by atoms with van der Waals surface area (Å²) in [5.74, 6) is -0.968. The van der Waals surface area contributed by atoms with Crippen LogP contribution < -0.4 is 5.73 Å². The zero-order chi connectivity index (χ0) is 6.99. The fourth-order valence-electron chi connectivity index (χ4n) is 0. The number of carboxylic acid groups (broad SMARTS) is 1. The SMILES string of the molecule is NCC(=O)O.[NaH].[OH][AlH][OH]. The molecule has 0 saturated carbocycles. The molecule has 7 heteroatoms. The molecule has 5 nitrogen and oxygen atoms in total. The number of aliphatic carboxylic acids is 1. The molecule has 0 rings (SSSR count). The Bertz CT molecular complexity index is 62.5. The fraction of sp³-hybridized carbons (Fsp3) is 0.500. The largest absolute Gasteiger partial charge is 0.644 e. The Labute approximate surface area is 81.5 Å². The molecular weight excluding hydrogens is 152 g/mol. The van der Waals surface area contributed by atoms with Gasteiger partial charge in [-0.15, -0.1) is 0 Å². The summed E-state index contributed by atoms with van der Waals surface area (Å²) in [5.41, 5.74) is 4.57. The van der Waals surface area contributed by atoms with Crippen molar-refractivity contribution in [3.05, 3.63) is 0 Å². The van der Waals surface area contributed by atoms with Crippen LogP contribution in [0.1, 0.15) is 0 Å². The van der Waals surface area contributed by atoms with Crippen LogP contribution in [0.2, 0.25) is 0 Å². The summed E-state index contributed by atoms with van der Waals surface area (Å²) in [6, 6.07) is 0. The van der Waals surface area contributed by atoms with E-state index in [0.29, 0.717) is 0 Å². The second-order valence-corrected chi connectivity index (χ2v) is 1.02. The van der Waals surface area contributed by atoms with E-state index in [-0.39, 0.29) is 36.1 Å². The smallest absolute Gasteiger partial charge is 0.496 e. The van der Waals surface area contributed by atoms with Gasteiger partial charge in [0.25, 0.3) is 0 Å². The van der Waals surface area contributed by atoms with Crippen molar-refractivity contribution in [1.82, 2.24) is 0 Å². The second-order valence-electron chi connectivity index (χ2n) is 0.739. The van der Waals surface area contributed by atoms with Gasteiger partial charge in [-0.05, 0) is 0 Å². The number of carboxylic acids is 1. The minimum Gasteiger partial charge on any atom is -0.496 e. The van der Waals surface area contributed by atoms with Gasteiger partial charge in [-0.3, -0.25) is 4.79 Å². The van der Waals surface area contributed by atoms with E-state index in [2.05, 4.69) is 5.73 Å². The van der Waals surface area contributed by atoms with E-state index in [0.717, 1.165) is 0 Å². The Morgan fingerprint density at radius 1 is 1.56 bits per heavy atom. The molecule has 0 atom stereocenters. The van der Waals surface area contributed by atoms with Gasteiger partial charge >= 0.3 is 51.4 Å². The molecule has 0 heterocycles. The van der Waals surface area contributed by atoms with Crippen LogP contribution >= 0.6 is 0 Å². The maximum absolute atomic E-state index is 9.24. The topological polar surface area (TPSA) is 104 Å². The molecule has 0 aliphatic carbocycles. The minimum absolute atomic E-state index is 0. The van der Waals surface area contributed by atoms with Crippen LogP contribution in [0.25, 0.3) is 0 Å². The van der Waals surface area contributed by atoms with Crippen LogP contribution in [0, 0.1) is 0 Å². The van der Waals surface area contributed by atoms with E-state index < -0.39 is 21.9 Å². The summed E-state index contributed by atoms with van der Waals surface area (Å²) in [7, 11) is 0. The van der Waals surface area contributed by atoms with Crippen molar-refractivity contribution in [3.8, 4) is 0 Å². The second kappa shape index (κ2) is 15.9. The van der Waals surface area contributed by atoms with Crippen LogP contribution in [-0.2, 0) is 4.79 Å². The summed E-state index contributed by atoms with van der Waals surface area (Å²) >= 11 is -1.58. The molecule has 0 aliphatic heterocycles. The first-order chi connectivity index (χ1) is 3.68. The molecule has 0 spiro atoms. The third-order valence-electron chi connectivity index (χ3n) is 0.175. The van der Waals surface area contributed by atoms with Crippen molar-refractivity contribution in [2.75, 3.05) is 6.54 Å². The summed E-state index contributed by atoms with van der Waals surface area (Å²) in [6.45, 7) is -0.278. The number of nitrogens with two attached hydrogens (primary N) is 1. The molecule has 0 aromatic rings. The van der Waals surface area contributed by atoms with E-state index >= 15 is 0 Å². The molecule has 5 N–H and O–H groups in total. The van der Waals surface area contributed by atoms with Gasteiger partial charge in [-0.2, -0.15) is 0 Å². The van der Waals surface area contributed by atoms with E-state index in [4.69, 9.17) is 13.4 Å². The molecule has 0 amide bonds. The van der Waals surface area contributed by atoms with Gasteiger partial charge in [-0.1, -0.05) is 0 Å². The van der Waals surface area contributed by atoms with E-state index in [9.17, 15) is 4.79 Å². The van der Waals surface area contributed by atoms with Crippen molar-refractivity contribution in [1.29, 1.82) is 0 Å². The molecule has 0 aromatic heterocycles. The van der Waals surface area contributed by atoms with Gasteiger partial charge in [-0.25, -0.2) is 0 Å². The average Bonchev–Trinajstić information content (AvgIpc) is 1.69. The molecule has 9 heavy (non-hydrogen) atoms. The maximum atomic E-state index is 9.24. The molecule has 0 aromatic carbocycles. The van der Waals surface area contributed by atoms with Gasteiger partial charge in [0.2, 0.25) is 0 Å². The van der Waals surface area contributed by atoms with Crippen LogP contribution in [0.5, 0.6) is 0 Å². The van der Waals surface area contributed by atoms with E-state index in [1.165, 1.54) is 0 Å². The van der Waals surface area contributed by atoms with Crippen molar-refractivity contribution in [3.63, 3.8) is 0 Å². The molecular formula is C2H9AlNNaO4. The summed E-state index contributed by atoms with van der Waals surface area (Å²) in [4.78, 5) is 9.24. The predicted octanol–water partition coefficient (Wildman–Crippen LogP) is -3.38. The van der Waals surface area contributed by atoms with E-state index in [1.807, 2.05) is 0 Å². The molecule has 50 valence electrons. The van der Waals surface area contributed by atoms with Crippen LogP contribution in [0.4, 0.5) is 0 Å². The van der Waals surface area contributed by atoms with Crippen molar-refractivity contribution in [2.45, 2.75) is 0 Å². The minimum atomic E-state index is -1.58. The number of carbonyl (C=O) groups is 1. The monoisotopic (exact) mass is 161 g/mol. The van der Waals surface area contributed by atoms with Crippen molar-refractivity contribution in [2.24, 2.45) is 5.73 Å². The average molecular weight is 161 g/mol. The Morgan fingerprint density at radius 2 is 1.67 bits per heavy atom. The van der Waals surface area contributed by atoms with Gasteiger partial charge in [0.1, 0.15) is 0 Å². The predicted molar refractivity (Wildman–Crippen MR) is 35.4 cm³/mol. The standard InChI is InChI=1S/C2H5NO2.Al.Na.2H2O.2H/c3-1-2(4)5;;;;;;/h1,3H2,(H,4,5);;;2*1H2;;/q;+2;;;;;/p-2. The number of rotatable bonds is 1. The zero-order valence-corrected chi connectivity index (χ0v) is 5.66. The van der Waals surface area contributed by atoms with Gasteiger partial charge in [0.15, 0.2) is 0 Å². The van der Waals surface area contributed by atoms with Gasteiger partial charge in [0.05, 0.1) is 6.54 Å². The normalized spacial score (nSPS) is 5.67. The van der Waals surface area contributed by atoms with Gasteiger partial charge < -0.3 is 19.2 Å². The van der Waals surface area contributed by atoms with Crippen molar-refractivity contribution < 1.29 is 18.2 Å². The van der Waals surface area contributed by atoms with Crippen LogP contribution in [0.3, 0.4) is 0 Å². The van der Waals surface area contributed by atoms with Crippen LogP contribution in [0.15, 0.2) is 0 Å². The molecule has 0 bridgehead atoms. The van der Waals surface area contributed by atoms with Crippen molar-refractivity contribution >= 4 is 51.4 Å². The Kier molecular flexibility index (Phi) is 29.2. The molecule has 0 unspecified atom stereocenters. The third kappa shape index (κ3) is 50.6. The molecule has 0 aliphatic rings. The third-order valence-corrected chi connectivity index (χ3v) is 0.175. The summed E-state index contributed by atoms with van der Waals surface area (Å²) in [5, 5.41) is 7.60. The summed E-state index contributed by atoms with van der Waals surface area (Å²) < 4.78 is 14.5. The first-order valence-electron chi connectivity index (χ1n) is 1.82. The molecule has 0 fully saturated rings. The first kappa shape index (κ1) is 16.5. The quantitative estimate of drug-likeness (QED) is 0.300.